The molecule has 3 rings (SSSR count). The molecule has 3 unspecified atom stereocenters. The lowest BCUT2D eigenvalue weighted by Gasteiger charge is -2.24. The molecule has 0 spiro atoms. The highest BCUT2D eigenvalue weighted by Gasteiger charge is 2.33. The molecule has 0 bridgehead atoms. The SMILES string of the molecule is CCC(C)C(NC(=O)C(CC(F)F)NC(=O)OCC1c2ccccc2-c2ccccc21)C(=O)O. The summed E-state index contributed by atoms with van der Waals surface area (Å²) < 4.78 is 31.5. The minimum absolute atomic E-state index is 0.0481. The molecule has 34 heavy (non-hydrogen) atoms. The summed E-state index contributed by atoms with van der Waals surface area (Å²) in [5.41, 5.74) is 4.03. The summed E-state index contributed by atoms with van der Waals surface area (Å²) in [5, 5.41) is 13.8. The minimum atomic E-state index is -2.89. The van der Waals surface area contributed by atoms with Crippen molar-refractivity contribution in [2.75, 3.05) is 6.61 Å². The predicted molar refractivity (Wildman–Crippen MR) is 122 cm³/mol. The molecule has 3 N–H and O–H groups in total. The molecule has 0 saturated carbocycles. The van der Waals surface area contributed by atoms with E-state index in [1.807, 2.05) is 48.5 Å². The summed E-state index contributed by atoms with van der Waals surface area (Å²) in [5.74, 6) is -2.94. The van der Waals surface area contributed by atoms with Gasteiger partial charge < -0.3 is 20.5 Å². The Kier molecular flexibility index (Phi) is 8.20. The number of alkyl carbamates (subject to hydrolysis) is 1. The van der Waals surface area contributed by atoms with E-state index in [9.17, 15) is 28.3 Å². The van der Waals surface area contributed by atoms with Crippen molar-refractivity contribution in [3.05, 3.63) is 59.7 Å². The van der Waals surface area contributed by atoms with Gasteiger partial charge in [-0.2, -0.15) is 0 Å². The van der Waals surface area contributed by atoms with Gasteiger partial charge in [0.2, 0.25) is 12.3 Å². The fourth-order valence-electron chi connectivity index (χ4n) is 4.13. The predicted octanol–water partition coefficient (Wildman–Crippen LogP) is 4.16. The van der Waals surface area contributed by atoms with Crippen LogP contribution in [-0.2, 0) is 14.3 Å². The van der Waals surface area contributed by atoms with Crippen LogP contribution in [0, 0.1) is 5.92 Å². The quantitative estimate of drug-likeness (QED) is 0.480. The Bertz CT molecular complexity index is 1000. The van der Waals surface area contributed by atoms with Gasteiger partial charge in [-0.1, -0.05) is 68.8 Å². The number of halogens is 2. The lowest BCUT2D eigenvalue weighted by molar-refractivity contribution is -0.143. The lowest BCUT2D eigenvalue weighted by Crippen LogP contribution is -2.54. The Hall–Kier alpha value is -3.49. The molecule has 0 fully saturated rings. The number of aliphatic carboxylic acids is 1. The van der Waals surface area contributed by atoms with Gasteiger partial charge in [0.1, 0.15) is 18.7 Å². The Balaban J connectivity index is 1.67. The maximum absolute atomic E-state index is 13.1. The highest BCUT2D eigenvalue weighted by Crippen LogP contribution is 2.44. The van der Waals surface area contributed by atoms with Crippen molar-refractivity contribution in [3.63, 3.8) is 0 Å². The molecular formula is C25H28F2N2O5. The molecule has 0 aromatic heterocycles. The number of benzene rings is 2. The number of fused-ring (bicyclic) bond motifs is 3. The first-order chi connectivity index (χ1) is 16.2. The zero-order chi connectivity index (χ0) is 24.8. The number of carbonyl (C=O) groups excluding carboxylic acids is 2. The average Bonchev–Trinajstić information content (AvgIpc) is 3.13. The van der Waals surface area contributed by atoms with E-state index in [1.54, 1.807) is 13.8 Å². The normalized spacial score (nSPS) is 15.1. The summed E-state index contributed by atoms with van der Waals surface area (Å²) in [6.07, 6.45) is -4.44. The van der Waals surface area contributed by atoms with E-state index in [0.717, 1.165) is 22.3 Å². The number of rotatable bonds is 10. The van der Waals surface area contributed by atoms with Gasteiger partial charge in [0, 0.05) is 12.3 Å². The Morgan fingerprint density at radius 2 is 1.56 bits per heavy atom. The van der Waals surface area contributed by atoms with E-state index in [0.29, 0.717) is 6.42 Å². The van der Waals surface area contributed by atoms with E-state index in [-0.39, 0.29) is 12.5 Å². The molecule has 2 amide bonds. The van der Waals surface area contributed by atoms with E-state index in [2.05, 4.69) is 10.6 Å². The third-order valence-electron chi connectivity index (χ3n) is 6.14. The van der Waals surface area contributed by atoms with Gasteiger partial charge in [-0.15, -0.1) is 0 Å². The monoisotopic (exact) mass is 474 g/mol. The molecule has 0 radical (unpaired) electrons. The highest BCUT2D eigenvalue weighted by atomic mass is 19.3. The number of hydrogen-bond donors (Lipinski definition) is 3. The summed E-state index contributed by atoms with van der Waals surface area (Å²) in [6.45, 7) is 3.33. The molecule has 0 aliphatic heterocycles. The van der Waals surface area contributed by atoms with Crippen LogP contribution in [0.2, 0.25) is 0 Å². The van der Waals surface area contributed by atoms with Gasteiger partial charge in [0.05, 0.1) is 0 Å². The Morgan fingerprint density at radius 3 is 2.06 bits per heavy atom. The smallest absolute Gasteiger partial charge is 0.407 e. The van der Waals surface area contributed by atoms with E-state index in [4.69, 9.17) is 4.74 Å². The average molecular weight is 475 g/mol. The molecule has 2 aromatic carbocycles. The second kappa shape index (κ2) is 11.1. The second-order valence-corrected chi connectivity index (χ2v) is 8.36. The maximum atomic E-state index is 13.1. The largest absolute Gasteiger partial charge is 0.480 e. The summed E-state index contributed by atoms with van der Waals surface area (Å²) in [7, 11) is 0. The molecule has 1 aliphatic carbocycles. The van der Waals surface area contributed by atoms with Crippen LogP contribution in [0.3, 0.4) is 0 Å². The summed E-state index contributed by atoms with van der Waals surface area (Å²) in [6, 6.07) is 12.5. The van der Waals surface area contributed by atoms with Gasteiger partial charge in [-0.05, 0) is 28.2 Å². The Morgan fingerprint density at radius 1 is 1.00 bits per heavy atom. The van der Waals surface area contributed by atoms with Crippen LogP contribution in [0.1, 0.15) is 43.7 Å². The standard InChI is InChI=1S/C25H28F2N2O5/c1-3-14(2)22(24(31)32)29-23(30)20(12-21(26)27)28-25(33)34-13-19-17-10-6-4-8-15(17)16-9-5-7-11-18(16)19/h4-11,14,19-22H,3,12-13H2,1-2H3,(H,28,33)(H,29,30)(H,31,32). The van der Waals surface area contributed by atoms with Crippen molar-refractivity contribution in [3.8, 4) is 11.1 Å². The van der Waals surface area contributed by atoms with Gasteiger partial charge in [-0.25, -0.2) is 18.4 Å². The van der Waals surface area contributed by atoms with Crippen LogP contribution in [-0.4, -0.2) is 48.2 Å². The van der Waals surface area contributed by atoms with Crippen molar-refractivity contribution in [1.82, 2.24) is 10.6 Å². The van der Waals surface area contributed by atoms with Crippen molar-refractivity contribution in [2.45, 2.75) is 51.1 Å². The van der Waals surface area contributed by atoms with Gasteiger partial charge in [0.15, 0.2) is 0 Å². The summed E-state index contributed by atoms with van der Waals surface area (Å²) in [4.78, 5) is 36.5. The van der Waals surface area contributed by atoms with Crippen LogP contribution < -0.4 is 10.6 Å². The van der Waals surface area contributed by atoms with Crippen molar-refractivity contribution < 1.29 is 33.0 Å². The Labute approximate surface area is 196 Å². The van der Waals surface area contributed by atoms with Crippen molar-refractivity contribution in [2.24, 2.45) is 5.92 Å². The second-order valence-electron chi connectivity index (χ2n) is 8.36. The maximum Gasteiger partial charge on any atom is 0.407 e. The topological polar surface area (TPSA) is 105 Å². The number of nitrogens with one attached hydrogen (secondary N) is 2. The van der Waals surface area contributed by atoms with Crippen LogP contribution >= 0.6 is 0 Å². The molecule has 0 saturated heterocycles. The molecule has 2 aromatic rings. The lowest BCUT2D eigenvalue weighted by atomic mass is 9.98. The third-order valence-corrected chi connectivity index (χ3v) is 6.14. The molecule has 0 heterocycles. The summed E-state index contributed by atoms with van der Waals surface area (Å²) >= 11 is 0. The first-order valence-electron chi connectivity index (χ1n) is 11.2. The van der Waals surface area contributed by atoms with Crippen LogP contribution in [0.5, 0.6) is 0 Å². The first-order valence-corrected chi connectivity index (χ1v) is 11.2. The number of carboxylic acid groups (broad SMARTS) is 1. The van der Waals surface area contributed by atoms with Crippen LogP contribution in [0.4, 0.5) is 13.6 Å². The van der Waals surface area contributed by atoms with Gasteiger partial charge >= 0.3 is 12.1 Å². The minimum Gasteiger partial charge on any atom is -0.480 e. The van der Waals surface area contributed by atoms with Gasteiger partial charge in [-0.3, -0.25) is 4.79 Å². The third kappa shape index (κ3) is 5.70. The number of amides is 2. The zero-order valence-corrected chi connectivity index (χ0v) is 19.0. The highest BCUT2D eigenvalue weighted by molar-refractivity contribution is 5.89. The van der Waals surface area contributed by atoms with E-state index >= 15 is 0 Å². The molecule has 9 heteroatoms. The molecular weight excluding hydrogens is 446 g/mol. The number of hydrogen-bond acceptors (Lipinski definition) is 4. The van der Waals surface area contributed by atoms with Crippen molar-refractivity contribution >= 4 is 18.0 Å². The number of ether oxygens (including phenoxy) is 1. The number of carboxylic acids is 1. The first kappa shape index (κ1) is 25.1. The van der Waals surface area contributed by atoms with Crippen LogP contribution in [0.15, 0.2) is 48.5 Å². The fraction of sp³-hybridized carbons (Fsp3) is 0.400. The number of carbonyl (C=O) groups is 3. The van der Waals surface area contributed by atoms with Crippen molar-refractivity contribution in [1.29, 1.82) is 0 Å². The van der Waals surface area contributed by atoms with Crippen LogP contribution in [0.25, 0.3) is 11.1 Å². The molecule has 182 valence electrons. The fourth-order valence-corrected chi connectivity index (χ4v) is 4.13. The molecule has 1 aliphatic rings. The van der Waals surface area contributed by atoms with E-state index in [1.165, 1.54) is 0 Å². The van der Waals surface area contributed by atoms with Gasteiger partial charge in [0.25, 0.3) is 0 Å². The number of alkyl halides is 2. The zero-order valence-electron chi connectivity index (χ0n) is 19.0. The molecule has 3 atom stereocenters. The van der Waals surface area contributed by atoms with E-state index < -0.39 is 48.8 Å². The molecule has 7 nitrogen and oxygen atoms in total.